The van der Waals surface area contributed by atoms with E-state index in [0.29, 0.717) is 12.8 Å². The lowest BCUT2D eigenvalue weighted by Crippen LogP contribution is -2.32. The van der Waals surface area contributed by atoms with Gasteiger partial charge >= 0.3 is 5.97 Å². The molecule has 106 valence electrons. The van der Waals surface area contributed by atoms with E-state index in [-0.39, 0.29) is 12.5 Å². The molecular weight excluding hydrogens is 276 g/mol. The molecule has 0 aliphatic rings. The standard InChI is InChI=1S/C14H16N2O3S/c1-16(9-14(18)19-2)13(17)8-7-12-15-10-5-3-4-6-11(10)20-12/h3-6H,7-9H2,1-2H3. The third-order valence-corrected chi connectivity index (χ3v) is 4.01. The van der Waals surface area contributed by atoms with E-state index in [9.17, 15) is 9.59 Å². The van der Waals surface area contributed by atoms with E-state index >= 15 is 0 Å². The Kier molecular flexibility index (Phi) is 4.68. The number of esters is 1. The Bertz CT molecular complexity index is 591. The van der Waals surface area contributed by atoms with E-state index in [1.54, 1.807) is 18.4 Å². The van der Waals surface area contributed by atoms with Crippen molar-refractivity contribution in [1.29, 1.82) is 0 Å². The summed E-state index contributed by atoms with van der Waals surface area (Å²) in [5, 5.41) is 0.936. The van der Waals surface area contributed by atoms with Crippen molar-refractivity contribution in [3.63, 3.8) is 0 Å². The predicted molar refractivity (Wildman–Crippen MR) is 77.6 cm³/mol. The van der Waals surface area contributed by atoms with Gasteiger partial charge in [-0.2, -0.15) is 0 Å². The number of rotatable bonds is 5. The normalized spacial score (nSPS) is 10.5. The zero-order valence-electron chi connectivity index (χ0n) is 11.5. The maximum atomic E-state index is 11.9. The van der Waals surface area contributed by atoms with Crippen LogP contribution in [0.3, 0.4) is 0 Å². The highest BCUT2D eigenvalue weighted by Crippen LogP contribution is 2.22. The molecule has 0 radical (unpaired) electrons. The Morgan fingerprint density at radius 2 is 2.10 bits per heavy atom. The summed E-state index contributed by atoms with van der Waals surface area (Å²) >= 11 is 1.60. The number of methoxy groups -OCH3 is 1. The zero-order chi connectivity index (χ0) is 14.5. The Hall–Kier alpha value is -1.95. The van der Waals surface area contributed by atoms with E-state index in [4.69, 9.17) is 0 Å². The molecule has 0 atom stereocenters. The van der Waals surface area contributed by atoms with Crippen molar-refractivity contribution in [2.75, 3.05) is 20.7 Å². The van der Waals surface area contributed by atoms with E-state index in [2.05, 4.69) is 9.72 Å². The molecule has 0 aliphatic heterocycles. The van der Waals surface area contributed by atoms with Gasteiger partial charge in [0.1, 0.15) is 6.54 Å². The van der Waals surface area contributed by atoms with Crippen LogP contribution in [0.15, 0.2) is 24.3 Å². The predicted octanol–water partition coefficient (Wildman–Crippen LogP) is 1.86. The van der Waals surface area contributed by atoms with Gasteiger partial charge in [0, 0.05) is 19.9 Å². The lowest BCUT2D eigenvalue weighted by molar-refractivity contribution is -0.146. The number of fused-ring (bicyclic) bond motifs is 1. The monoisotopic (exact) mass is 292 g/mol. The summed E-state index contributed by atoms with van der Waals surface area (Å²) in [4.78, 5) is 28.8. The van der Waals surface area contributed by atoms with Crippen LogP contribution in [-0.4, -0.2) is 42.5 Å². The summed E-state index contributed by atoms with van der Waals surface area (Å²) in [7, 11) is 2.90. The minimum atomic E-state index is -0.416. The van der Waals surface area contributed by atoms with E-state index in [1.165, 1.54) is 12.0 Å². The number of ether oxygens (including phenoxy) is 1. The van der Waals surface area contributed by atoms with Crippen molar-refractivity contribution in [1.82, 2.24) is 9.88 Å². The van der Waals surface area contributed by atoms with Crippen LogP contribution < -0.4 is 0 Å². The summed E-state index contributed by atoms with van der Waals surface area (Å²) < 4.78 is 5.65. The van der Waals surface area contributed by atoms with Gasteiger partial charge in [0.15, 0.2) is 0 Å². The molecule has 0 fully saturated rings. The van der Waals surface area contributed by atoms with Gasteiger partial charge in [-0.05, 0) is 12.1 Å². The van der Waals surface area contributed by atoms with E-state index in [1.807, 2.05) is 24.3 Å². The molecule has 0 bridgehead atoms. The van der Waals surface area contributed by atoms with Gasteiger partial charge in [-0.3, -0.25) is 9.59 Å². The van der Waals surface area contributed by atoms with Crippen LogP contribution in [0.1, 0.15) is 11.4 Å². The molecule has 0 unspecified atom stereocenters. The van der Waals surface area contributed by atoms with Gasteiger partial charge < -0.3 is 9.64 Å². The molecular formula is C14H16N2O3S. The zero-order valence-corrected chi connectivity index (χ0v) is 12.3. The molecule has 0 N–H and O–H groups in total. The quantitative estimate of drug-likeness (QED) is 0.789. The van der Waals surface area contributed by atoms with Gasteiger partial charge in [-0.1, -0.05) is 12.1 Å². The second kappa shape index (κ2) is 6.47. The maximum Gasteiger partial charge on any atom is 0.325 e. The fourth-order valence-electron chi connectivity index (χ4n) is 1.78. The molecule has 1 heterocycles. The van der Waals surface area contributed by atoms with Crippen molar-refractivity contribution < 1.29 is 14.3 Å². The third-order valence-electron chi connectivity index (χ3n) is 2.91. The number of aromatic nitrogens is 1. The number of hydrogen-bond donors (Lipinski definition) is 0. The van der Waals surface area contributed by atoms with Crippen LogP contribution >= 0.6 is 11.3 Å². The molecule has 0 spiro atoms. The smallest absolute Gasteiger partial charge is 0.325 e. The van der Waals surface area contributed by atoms with Crippen LogP contribution in [-0.2, 0) is 20.7 Å². The highest BCUT2D eigenvalue weighted by Gasteiger charge is 2.14. The van der Waals surface area contributed by atoms with Crippen molar-refractivity contribution in [2.24, 2.45) is 0 Å². The molecule has 0 aliphatic carbocycles. The summed E-state index contributed by atoms with van der Waals surface area (Å²) in [6.45, 7) is -0.0187. The van der Waals surface area contributed by atoms with Crippen molar-refractivity contribution in [2.45, 2.75) is 12.8 Å². The van der Waals surface area contributed by atoms with E-state index < -0.39 is 5.97 Å². The topological polar surface area (TPSA) is 59.5 Å². The summed E-state index contributed by atoms with van der Waals surface area (Å²) in [5.74, 6) is -0.504. The number of hydrogen-bond acceptors (Lipinski definition) is 5. The first-order valence-electron chi connectivity index (χ1n) is 6.25. The van der Waals surface area contributed by atoms with Crippen LogP contribution in [0.4, 0.5) is 0 Å². The molecule has 0 saturated carbocycles. The molecule has 1 aromatic carbocycles. The summed E-state index contributed by atoms with van der Waals surface area (Å²) in [5.41, 5.74) is 0.961. The number of benzene rings is 1. The lowest BCUT2D eigenvalue weighted by Gasteiger charge is -2.14. The van der Waals surface area contributed by atoms with E-state index in [0.717, 1.165) is 15.2 Å². The van der Waals surface area contributed by atoms with Gasteiger partial charge in [0.25, 0.3) is 0 Å². The average molecular weight is 292 g/mol. The number of amides is 1. The number of thiazole rings is 1. The van der Waals surface area contributed by atoms with Gasteiger partial charge in [0.2, 0.25) is 5.91 Å². The molecule has 1 amide bonds. The first-order valence-corrected chi connectivity index (χ1v) is 7.07. The first-order chi connectivity index (χ1) is 9.60. The fourth-order valence-corrected chi connectivity index (χ4v) is 2.74. The number of para-hydroxylation sites is 1. The largest absolute Gasteiger partial charge is 0.468 e. The minimum absolute atomic E-state index is 0.0187. The molecule has 1 aromatic heterocycles. The summed E-state index contributed by atoms with van der Waals surface area (Å²) in [6, 6.07) is 7.89. The van der Waals surface area contributed by atoms with Crippen molar-refractivity contribution >= 4 is 33.4 Å². The number of carbonyl (C=O) groups excluding carboxylic acids is 2. The Balaban J connectivity index is 1.91. The first kappa shape index (κ1) is 14.5. The lowest BCUT2D eigenvalue weighted by atomic mass is 10.3. The Morgan fingerprint density at radius 3 is 2.80 bits per heavy atom. The van der Waals surface area contributed by atoms with Crippen LogP contribution in [0.25, 0.3) is 10.2 Å². The van der Waals surface area contributed by atoms with Crippen LogP contribution in [0.2, 0.25) is 0 Å². The summed E-state index contributed by atoms with van der Waals surface area (Å²) in [6.07, 6.45) is 0.928. The Morgan fingerprint density at radius 1 is 1.35 bits per heavy atom. The van der Waals surface area contributed by atoms with Gasteiger partial charge in [-0.25, -0.2) is 4.98 Å². The average Bonchev–Trinajstić information content (AvgIpc) is 2.87. The highest BCUT2D eigenvalue weighted by atomic mass is 32.1. The third kappa shape index (κ3) is 3.54. The van der Waals surface area contributed by atoms with Gasteiger partial charge in [0.05, 0.1) is 22.3 Å². The Labute approximate surface area is 121 Å². The van der Waals surface area contributed by atoms with Crippen LogP contribution in [0.5, 0.6) is 0 Å². The highest BCUT2D eigenvalue weighted by molar-refractivity contribution is 7.18. The molecule has 5 nitrogen and oxygen atoms in total. The number of nitrogens with zero attached hydrogens (tertiary/aromatic N) is 2. The van der Waals surface area contributed by atoms with Crippen molar-refractivity contribution in [3.05, 3.63) is 29.3 Å². The molecule has 0 saturated heterocycles. The SMILES string of the molecule is COC(=O)CN(C)C(=O)CCc1nc2ccccc2s1. The van der Waals surface area contributed by atoms with Gasteiger partial charge in [-0.15, -0.1) is 11.3 Å². The number of likely N-dealkylation sites (N-methyl/N-ethyl adjacent to an activating group) is 1. The second-order valence-electron chi connectivity index (χ2n) is 4.40. The molecule has 2 rings (SSSR count). The second-order valence-corrected chi connectivity index (χ2v) is 5.52. The molecule has 20 heavy (non-hydrogen) atoms. The van der Waals surface area contributed by atoms with Crippen molar-refractivity contribution in [3.8, 4) is 0 Å². The molecule has 6 heteroatoms. The van der Waals surface area contributed by atoms with Crippen LogP contribution in [0, 0.1) is 0 Å². The number of aryl methyl sites for hydroxylation is 1. The minimum Gasteiger partial charge on any atom is -0.468 e. The number of carbonyl (C=O) groups is 2. The fraction of sp³-hybridized carbons (Fsp3) is 0.357. The molecule has 2 aromatic rings. The maximum absolute atomic E-state index is 11.9.